The van der Waals surface area contributed by atoms with E-state index in [-0.39, 0.29) is 0 Å². The minimum absolute atomic E-state index is 0.562. The molecule has 2 aromatic heterocycles. The van der Waals surface area contributed by atoms with E-state index in [4.69, 9.17) is 10.5 Å². The highest BCUT2D eigenvalue weighted by molar-refractivity contribution is 5.89. The van der Waals surface area contributed by atoms with Crippen LogP contribution in [0.3, 0.4) is 0 Å². The molecule has 0 amide bonds. The van der Waals surface area contributed by atoms with Crippen molar-refractivity contribution in [2.45, 2.75) is 13.3 Å². The lowest BCUT2D eigenvalue weighted by Crippen LogP contribution is -1.98. The zero-order valence-electron chi connectivity index (χ0n) is 10.8. The molecule has 0 aliphatic carbocycles. The van der Waals surface area contributed by atoms with E-state index in [1.54, 1.807) is 11.8 Å². The van der Waals surface area contributed by atoms with Crippen LogP contribution in [0.4, 0.5) is 5.82 Å². The summed E-state index contributed by atoms with van der Waals surface area (Å²) in [5, 5.41) is 12.5. The maximum atomic E-state index is 5.90. The standard InChI is InChI=1S/C13H15N5O/c1-3-10-11-12(14)15-16-13(11)18(17-10)8-4-6-9(19-2)7-5-8/h4-7H,3H2,1-2H3,(H3,14,15,16). The molecule has 98 valence electrons. The summed E-state index contributed by atoms with van der Waals surface area (Å²) in [7, 11) is 1.64. The number of aromatic nitrogens is 4. The second-order valence-corrected chi connectivity index (χ2v) is 4.25. The van der Waals surface area contributed by atoms with Crippen molar-refractivity contribution in [1.29, 1.82) is 0 Å². The molecule has 0 spiro atoms. The van der Waals surface area contributed by atoms with Crippen molar-refractivity contribution in [1.82, 2.24) is 20.0 Å². The number of hydrogen-bond acceptors (Lipinski definition) is 4. The lowest BCUT2D eigenvalue weighted by molar-refractivity contribution is 0.414. The van der Waals surface area contributed by atoms with Crippen LogP contribution < -0.4 is 10.5 Å². The predicted octanol–water partition coefficient (Wildman–Crippen LogP) is 1.90. The number of nitrogens with two attached hydrogens (primary N) is 1. The number of H-pyrrole nitrogens is 1. The normalized spacial score (nSPS) is 11.1. The third kappa shape index (κ3) is 1.72. The van der Waals surface area contributed by atoms with Gasteiger partial charge in [-0.3, -0.25) is 5.10 Å². The fourth-order valence-electron chi connectivity index (χ4n) is 2.15. The van der Waals surface area contributed by atoms with Crippen LogP contribution in [0.2, 0.25) is 0 Å². The van der Waals surface area contributed by atoms with Gasteiger partial charge in [-0.05, 0) is 30.7 Å². The molecule has 0 unspecified atom stereocenters. The van der Waals surface area contributed by atoms with Gasteiger partial charge < -0.3 is 10.5 Å². The second-order valence-electron chi connectivity index (χ2n) is 4.25. The predicted molar refractivity (Wildman–Crippen MR) is 73.6 cm³/mol. The molecule has 6 nitrogen and oxygen atoms in total. The van der Waals surface area contributed by atoms with Gasteiger partial charge in [0, 0.05) is 0 Å². The fourth-order valence-corrected chi connectivity index (χ4v) is 2.15. The number of ether oxygens (including phenoxy) is 1. The Kier molecular flexibility index (Phi) is 2.63. The van der Waals surface area contributed by atoms with Crippen molar-refractivity contribution in [2.75, 3.05) is 12.8 Å². The summed E-state index contributed by atoms with van der Waals surface area (Å²) in [5.74, 6) is 1.37. The average Bonchev–Trinajstić information content (AvgIpc) is 3.00. The number of aromatic amines is 1. The first-order chi connectivity index (χ1) is 9.24. The number of nitrogens with zero attached hydrogens (tertiary/aromatic N) is 3. The van der Waals surface area contributed by atoms with Gasteiger partial charge in [0.25, 0.3) is 0 Å². The Hall–Kier alpha value is -2.50. The number of benzene rings is 1. The van der Waals surface area contributed by atoms with Gasteiger partial charge >= 0.3 is 0 Å². The summed E-state index contributed by atoms with van der Waals surface area (Å²) in [5.41, 5.74) is 8.52. The summed E-state index contributed by atoms with van der Waals surface area (Å²) in [6, 6.07) is 7.67. The van der Waals surface area contributed by atoms with E-state index < -0.39 is 0 Å². The highest BCUT2D eigenvalue weighted by Gasteiger charge is 2.16. The molecular weight excluding hydrogens is 242 g/mol. The van der Waals surface area contributed by atoms with E-state index >= 15 is 0 Å². The first kappa shape index (κ1) is 11.6. The molecule has 0 saturated carbocycles. The summed E-state index contributed by atoms with van der Waals surface area (Å²) in [4.78, 5) is 0. The Morgan fingerprint density at radius 2 is 2.05 bits per heavy atom. The van der Waals surface area contributed by atoms with Gasteiger partial charge in [-0.25, -0.2) is 4.68 Å². The van der Waals surface area contributed by atoms with Crippen molar-refractivity contribution < 1.29 is 4.74 Å². The van der Waals surface area contributed by atoms with Gasteiger partial charge in [0.15, 0.2) is 5.65 Å². The van der Waals surface area contributed by atoms with E-state index in [1.807, 2.05) is 31.2 Å². The summed E-state index contributed by atoms with van der Waals surface area (Å²) >= 11 is 0. The molecular formula is C13H15N5O. The third-order valence-corrected chi connectivity index (χ3v) is 3.14. The number of anilines is 1. The maximum Gasteiger partial charge on any atom is 0.186 e. The van der Waals surface area contributed by atoms with E-state index in [0.29, 0.717) is 5.82 Å². The summed E-state index contributed by atoms with van der Waals surface area (Å²) in [6.07, 6.45) is 0.809. The van der Waals surface area contributed by atoms with E-state index in [9.17, 15) is 0 Å². The fraction of sp³-hybridized carbons (Fsp3) is 0.231. The largest absolute Gasteiger partial charge is 0.497 e. The number of hydrogen-bond donors (Lipinski definition) is 2. The minimum Gasteiger partial charge on any atom is -0.497 e. The van der Waals surface area contributed by atoms with Gasteiger partial charge in [-0.2, -0.15) is 10.2 Å². The van der Waals surface area contributed by atoms with Crippen LogP contribution in [0.25, 0.3) is 16.7 Å². The maximum absolute atomic E-state index is 5.90. The Morgan fingerprint density at radius 3 is 2.68 bits per heavy atom. The van der Waals surface area contributed by atoms with Crippen LogP contribution in [-0.2, 0) is 6.42 Å². The third-order valence-electron chi connectivity index (χ3n) is 3.14. The van der Waals surface area contributed by atoms with Crippen LogP contribution >= 0.6 is 0 Å². The molecule has 3 rings (SSSR count). The number of fused-ring (bicyclic) bond motifs is 1. The second kappa shape index (κ2) is 4.31. The van der Waals surface area contributed by atoms with Gasteiger partial charge in [-0.15, -0.1) is 0 Å². The van der Waals surface area contributed by atoms with Crippen LogP contribution in [-0.4, -0.2) is 27.1 Å². The Bertz CT molecular complexity index is 711. The Balaban J connectivity index is 2.18. The smallest absolute Gasteiger partial charge is 0.186 e. The van der Waals surface area contributed by atoms with Crippen molar-refractivity contribution in [3.63, 3.8) is 0 Å². The molecule has 0 saturated heterocycles. The van der Waals surface area contributed by atoms with Crippen LogP contribution in [0, 0.1) is 0 Å². The molecule has 3 N–H and O–H groups in total. The summed E-state index contributed by atoms with van der Waals surface area (Å²) in [6.45, 7) is 2.05. The lowest BCUT2D eigenvalue weighted by atomic mass is 10.2. The van der Waals surface area contributed by atoms with Crippen LogP contribution in [0.15, 0.2) is 24.3 Å². The number of methoxy groups -OCH3 is 1. The molecule has 0 radical (unpaired) electrons. The molecule has 1 aromatic carbocycles. The van der Waals surface area contributed by atoms with Crippen molar-refractivity contribution in [2.24, 2.45) is 0 Å². The first-order valence-corrected chi connectivity index (χ1v) is 6.10. The lowest BCUT2D eigenvalue weighted by Gasteiger charge is -2.03. The molecule has 0 aliphatic rings. The number of aryl methyl sites for hydroxylation is 1. The SMILES string of the molecule is CCc1nn(-c2ccc(OC)cc2)c2n[nH]c(N)c12. The van der Waals surface area contributed by atoms with Gasteiger partial charge in [-0.1, -0.05) is 6.92 Å². The highest BCUT2D eigenvalue weighted by Crippen LogP contribution is 2.25. The quantitative estimate of drug-likeness (QED) is 0.750. The van der Waals surface area contributed by atoms with Gasteiger partial charge in [0.2, 0.25) is 0 Å². The molecule has 6 heteroatoms. The van der Waals surface area contributed by atoms with Crippen molar-refractivity contribution >= 4 is 16.9 Å². The number of nitrogens with one attached hydrogen (secondary N) is 1. The van der Waals surface area contributed by atoms with Crippen LogP contribution in [0.5, 0.6) is 5.75 Å². The number of nitrogen functional groups attached to an aromatic ring is 1. The van der Waals surface area contributed by atoms with Crippen LogP contribution in [0.1, 0.15) is 12.6 Å². The molecule has 0 atom stereocenters. The highest BCUT2D eigenvalue weighted by atomic mass is 16.5. The van der Waals surface area contributed by atoms with E-state index in [1.165, 1.54) is 0 Å². The van der Waals surface area contributed by atoms with Gasteiger partial charge in [0.1, 0.15) is 11.6 Å². The number of rotatable bonds is 3. The van der Waals surface area contributed by atoms with E-state index in [2.05, 4.69) is 15.3 Å². The zero-order chi connectivity index (χ0) is 13.4. The van der Waals surface area contributed by atoms with Crippen molar-refractivity contribution in [3.05, 3.63) is 30.0 Å². The zero-order valence-corrected chi connectivity index (χ0v) is 10.8. The molecule has 19 heavy (non-hydrogen) atoms. The molecule has 0 bridgehead atoms. The Labute approximate surface area is 110 Å². The monoisotopic (exact) mass is 257 g/mol. The molecule has 0 aliphatic heterocycles. The van der Waals surface area contributed by atoms with E-state index in [0.717, 1.165) is 34.6 Å². The molecule has 0 fully saturated rings. The average molecular weight is 257 g/mol. The molecule has 2 heterocycles. The minimum atomic E-state index is 0.562. The topological polar surface area (TPSA) is 81.8 Å². The van der Waals surface area contributed by atoms with Gasteiger partial charge in [0.05, 0.1) is 23.9 Å². The summed E-state index contributed by atoms with van der Waals surface area (Å²) < 4.78 is 6.94. The Morgan fingerprint density at radius 1 is 1.32 bits per heavy atom. The molecule has 3 aromatic rings. The first-order valence-electron chi connectivity index (χ1n) is 6.10. The van der Waals surface area contributed by atoms with Crippen molar-refractivity contribution in [3.8, 4) is 11.4 Å².